The first-order valence-corrected chi connectivity index (χ1v) is 16.6. The van der Waals surface area contributed by atoms with Gasteiger partial charge in [-0.3, -0.25) is 0 Å². The summed E-state index contributed by atoms with van der Waals surface area (Å²) < 4.78 is 0. The Morgan fingerprint density at radius 2 is 0.500 bits per heavy atom. The maximum atomic E-state index is 2.36. The van der Waals surface area contributed by atoms with Crippen LogP contribution in [0.15, 0.2) is 0 Å². The Morgan fingerprint density at radius 1 is 0.286 bits per heavy atom. The van der Waals surface area contributed by atoms with Crippen molar-refractivity contribution in [3.8, 4) is 0 Å². The van der Waals surface area contributed by atoms with Gasteiger partial charge in [0, 0.05) is 0 Å². The number of hydrogen-bond donors (Lipinski definition) is 0. The van der Waals surface area contributed by atoms with Crippen molar-refractivity contribution >= 4 is 7.26 Å². The normalized spacial score (nSPS) is 12.6. The van der Waals surface area contributed by atoms with E-state index in [0.29, 0.717) is 0 Å². The van der Waals surface area contributed by atoms with E-state index in [1.807, 2.05) is 0 Å². The number of rotatable bonds is 23. The third-order valence-corrected chi connectivity index (χ3v) is 12.6. The fourth-order valence-corrected chi connectivity index (χ4v) is 10.5. The summed E-state index contributed by atoms with van der Waals surface area (Å²) in [5.74, 6) is 0. The molecule has 0 unspecified atom stereocenters. The second-order valence-corrected chi connectivity index (χ2v) is 14.8. The predicted octanol–water partition coefficient (Wildman–Crippen LogP) is 10.2. The minimum atomic E-state index is -1.02. The molecule has 0 aliphatic heterocycles. The SMILES string of the molecule is CCCCCCCCC[PH](CCCCCC)(CCCCCC)CCCCCC. The minimum absolute atomic E-state index is 1.02. The van der Waals surface area contributed by atoms with Crippen LogP contribution in [0.4, 0.5) is 0 Å². The van der Waals surface area contributed by atoms with Gasteiger partial charge < -0.3 is 0 Å². The first-order valence-electron chi connectivity index (χ1n) is 13.7. The Balaban J connectivity index is 4.58. The molecule has 0 aromatic rings. The van der Waals surface area contributed by atoms with Crippen LogP contribution in [0.25, 0.3) is 0 Å². The molecule has 0 aliphatic rings. The van der Waals surface area contributed by atoms with Gasteiger partial charge in [-0.15, -0.1) is 0 Å². The van der Waals surface area contributed by atoms with Crippen LogP contribution in [0.1, 0.15) is 150 Å². The van der Waals surface area contributed by atoms with E-state index in [4.69, 9.17) is 0 Å². The van der Waals surface area contributed by atoms with Gasteiger partial charge in [0.2, 0.25) is 0 Å². The molecule has 0 heterocycles. The summed E-state index contributed by atoms with van der Waals surface area (Å²) >= 11 is 0. The molecule has 0 fully saturated rings. The molecular formula is C27H59P. The van der Waals surface area contributed by atoms with Crippen molar-refractivity contribution in [1.29, 1.82) is 0 Å². The Hall–Kier alpha value is 0.430. The molecule has 0 aromatic heterocycles. The summed E-state index contributed by atoms with van der Waals surface area (Å²) in [5.41, 5.74) is 0. The molecule has 0 N–H and O–H groups in total. The van der Waals surface area contributed by atoms with Gasteiger partial charge in [0.15, 0.2) is 0 Å². The molecule has 0 rings (SSSR count). The molecule has 1 heteroatoms. The van der Waals surface area contributed by atoms with Crippen LogP contribution in [0.2, 0.25) is 0 Å². The average molecular weight is 415 g/mol. The summed E-state index contributed by atoms with van der Waals surface area (Å²) in [4.78, 5) is 0. The second-order valence-electron chi connectivity index (χ2n) is 9.80. The van der Waals surface area contributed by atoms with Gasteiger partial charge >= 0.3 is 182 Å². The first kappa shape index (κ1) is 28.4. The molecule has 0 saturated heterocycles. The van der Waals surface area contributed by atoms with Gasteiger partial charge in [0.25, 0.3) is 0 Å². The molecule has 0 spiro atoms. The Kier molecular flexibility index (Phi) is 22.5. The van der Waals surface area contributed by atoms with E-state index in [0.717, 1.165) is 0 Å². The second kappa shape index (κ2) is 22.1. The molecule has 0 atom stereocenters. The van der Waals surface area contributed by atoms with Crippen molar-refractivity contribution in [3.05, 3.63) is 0 Å². The van der Waals surface area contributed by atoms with Crippen LogP contribution in [0.5, 0.6) is 0 Å². The molecule has 0 radical (unpaired) electrons. The monoisotopic (exact) mass is 414 g/mol. The zero-order chi connectivity index (χ0) is 20.8. The van der Waals surface area contributed by atoms with Crippen LogP contribution in [0, 0.1) is 0 Å². The molecule has 0 nitrogen and oxygen atoms in total. The number of hydrogen-bond acceptors (Lipinski definition) is 0. The van der Waals surface area contributed by atoms with E-state index in [2.05, 4.69) is 27.7 Å². The zero-order valence-corrected chi connectivity index (χ0v) is 21.8. The van der Waals surface area contributed by atoms with Gasteiger partial charge in [-0.05, 0) is 0 Å². The van der Waals surface area contributed by atoms with Crippen molar-refractivity contribution in [1.82, 2.24) is 0 Å². The fraction of sp³-hybridized carbons (Fsp3) is 1.00. The van der Waals surface area contributed by atoms with Gasteiger partial charge in [-0.1, -0.05) is 0 Å². The van der Waals surface area contributed by atoms with Crippen LogP contribution in [-0.4, -0.2) is 24.6 Å². The summed E-state index contributed by atoms with van der Waals surface area (Å²) in [6.45, 7) is 9.41. The summed E-state index contributed by atoms with van der Waals surface area (Å²) in [6.07, 6.45) is 34.8. The van der Waals surface area contributed by atoms with E-state index in [-0.39, 0.29) is 0 Å². The molecule has 0 aliphatic carbocycles. The van der Waals surface area contributed by atoms with Crippen molar-refractivity contribution in [2.24, 2.45) is 0 Å². The van der Waals surface area contributed by atoms with E-state index in [9.17, 15) is 0 Å². The summed E-state index contributed by atoms with van der Waals surface area (Å²) in [6, 6.07) is 0. The van der Waals surface area contributed by atoms with Crippen molar-refractivity contribution < 1.29 is 0 Å². The summed E-state index contributed by atoms with van der Waals surface area (Å²) in [7, 11) is -1.02. The maximum absolute atomic E-state index is 2.36. The third-order valence-electron chi connectivity index (χ3n) is 6.99. The molecule has 0 aromatic carbocycles. The zero-order valence-electron chi connectivity index (χ0n) is 20.8. The molecule has 0 bridgehead atoms. The Labute approximate surface area is 181 Å². The van der Waals surface area contributed by atoms with Gasteiger partial charge in [-0.25, -0.2) is 0 Å². The van der Waals surface area contributed by atoms with E-state index in [1.165, 1.54) is 96.3 Å². The van der Waals surface area contributed by atoms with Crippen molar-refractivity contribution in [3.63, 3.8) is 0 Å². The molecular weight excluding hydrogens is 355 g/mol. The Bertz CT molecular complexity index is 255. The van der Waals surface area contributed by atoms with E-state index >= 15 is 0 Å². The van der Waals surface area contributed by atoms with Crippen LogP contribution >= 0.6 is 7.26 Å². The van der Waals surface area contributed by atoms with E-state index in [1.54, 1.807) is 50.3 Å². The third kappa shape index (κ3) is 17.3. The van der Waals surface area contributed by atoms with Crippen LogP contribution in [-0.2, 0) is 0 Å². The fourth-order valence-electron chi connectivity index (χ4n) is 4.99. The van der Waals surface area contributed by atoms with Crippen molar-refractivity contribution in [2.45, 2.75) is 150 Å². The number of unbranched alkanes of at least 4 members (excludes halogenated alkanes) is 15. The van der Waals surface area contributed by atoms with Crippen molar-refractivity contribution in [2.75, 3.05) is 24.6 Å². The average Bonchev–Trinajstić information content (AvgIpc) is 2.71. The standard InChI is InChI=1S/C27H59P/c1-5-9-13-17-18-19-23-27-28(24-20-14-10-6-2,25-21-15-11-7-3)26-22-16-12-8-4/h28H,5-27H2,1-4H3. The van der Waals surface area contributed by atoms with E-state index < -0.39 is 7.26 Å². The molecule has 0 saturated carbocycles. The Morgan fingerprint density at radius 3 is 0.786 bits per heavy atom. The van der Waals surface area contributed by atoms with Gasteiger partial charge in [-0.2, -0.15) is 0 Å². The molecule has 28 heavy (non-hydrogen) atoms. The molecule has 0 amide bonds. The first-order chi connectivity index (χ1) is 13.7. The van der Waals surface area contributed by atoms with Crippen LogP contribution < -0.4 is 0 Å². The predicted molar refractivity (Wildman–Crippen MR) is 138 cm³/mol. The van der Waals surface area contributed by atoms with Crippen LogP contribution in [0.3, 0.4) is 0 Å². The topological polar surface area (TPSA) is 0 Å². The quantitative estimate of drug-likeness (QED) is 0.115. The van der Waals surface area contributed by atoms with Gasteiger partial charge in [0.1, 0.15) is 0 Å². The summed E-state index contributed by atoms with van der Waals surface area (Å²) in [5, 5.41) is 0. The molecule has 172 valence electrons. The van der Waals surface area contributed by atoms with Gasteiger partial charge in [0.05, 0.1) is 0 Å².